The lowest BCUT2D eigenvalue weighted by Gasteiger charge is -2.15. The molecule has 144 valence electrons. The number of hydrogen-bond donors (Lipinski definition) is 0. The van der Waals surface area contributed by atoms with E-state index < -0.39 is 19.7 Å². The van der Waals surface area contributed by atoms with Crippen LogP contribution >= 0.6 is 0 Å². The number of nitro benzene ring substituents is 2. The molecule has 0 aliphatic rings. The maximum absolute atomic E-state index is 12.9. The number of nitrogens with zero attached hydrogens (tertiary/aromatic N) is 4. The first kappa shape index (κ1) is 20.1. The van der Waals surface area contributed by atoms with Gasteiger partial charge in [0.15, 0.2) is 0 Å². The summed E-state index contributed by atoms with van der Waals surface area (Å²) in [7, 11) is 2.21. The van der Waals surface area contributed by atoms with E-state index in [1.165, 1.54) is 34.1 Å². The van der Waals surface area contributed by atoms with E-state index in [9.17, 15) is 28.6 Å². The average Bonchev–Trinajstić information content (AvgIpc) is 2.60. The fourth-order valence-electron chi connectivity index (χ4n) is 2.53. The Balaban J connectivity index is 2.66. The summed E-state index contributed by atoms with van der Waals surface area (Å²) in [5, 5.41) is 22.6. The van der Waals surface area contributed by atoms with Gasteiger partial charge in [-0.05, 0) is 24.3 Å². The summed E-state index contributed by atoms with van der Waals surface area (Å²) in [4.78, 5) is 23.6. The van der Waals surface area contributed by atoms with E-state index in [2.05, 4.69) is 0 Å². The van der Waals surface area contributed by atoms with E-state index in [0.29, 0.717) is 0 Å². The van der Waals surface area contributed by atoms with Crippen LogP contribution in [-0.4, -0.2) is 46.5 Å². The monoisotopic (exact) mass is 394 g/mol. The van der Waals surface area contributed by atoms with Crippen molar-refractivity contribution < 1.29 is 18.3 Å². The largest absolute Gasteiger partial charge is 0.372 e. The molecule has 0 bridgehead atoms. The Morgan fingerprint density at radius 1 is 0.741 bits per heavy atom. The molecule has 0 heterocycles. The van der Waals surface area contributed by atoms with E-state index in [-0.39, 0.29) is 32.5 Å². The minimum absolute atomic E-state index is 0.243. The predicted molar refractivity (Wildman–Crippen MR) is 100 cm³/mol. The van der Waals surface area contributed by atoms with Gasteiger partial charge in [0.2, 0.25) is 9.84 Å². The molecule has 0 aliphatic carbocycles. The molecule has 0 amide bonds. The molecule has 2 aromatic rings. The highest BCUT2D eigenvalue weighted by molar-refractivity contribution is 7.91. The van der Waals surface area contributed by atoms with Gasteiger partial charge in [0, 0.05) is 40.3 Å². The van der Waals surface area contributed by atoms with Gasteiger partial charge in [-0.2, -0.15) is 0 Å². The first-order chi connectivity index (χ1) is 12.5. The van der Waals surface area contributed by atoms with Crippen molar-refractivity contribution in [2.24, 2.45) is 0 Å². The molecule has 2 aromatic carbocycles. The number of nitro groups is 2. The zero-order chi connectivity index (χ0) is 20.5. The summed E-state index contributed by atoms with van der Waals surface area (Å²) < 4.78 is 25.7. The normalized spacial score (nSPS) is 11.1. The Morgan fingerprint density at radius 2 is 1.07 bits per heavy atom. The molecule has 10 nitrogen and oxygen atoms in total. The van der Waals surface area contributed by atoms with Gasteiger partial charge in [-0.15, -0.1) is 0 Å². The van der Waals surface area contributed by atoms with Crippen molar-refractivity contribution in [3.05, 3.63) is 56.6 Å². The quantitative estimate of drug-likeness (QED) is 0.540. The molecular formula is C16H18N4O6S. The van der Waals surface area contributed by atoms with Crippen LogP contribution < -0.4 is 9.80 Å². The maximum Gasteiger partial charge on any atom is 0.293 e. The number of anilines is 2. The summed E-state index contributed by atoms with van der Waals surface area (Å²) in [5.74, 6) is 0. The van der Waals surface area contributed by atoms with Crippen LogP contribution in [0.2, 0.25) is 0 Å². The minimum atomic E-state index is -4.18. The fraction of sp³-hybridized carbons (Fsp3) is 0.250. The smallest absolute Gasteiger partial charge is 0.293 e. The molecule has 0 aromatic heterocycles. The van der Waals surface area contributed by atoms with Gasteiger partial charge in [-0.25, -0.2) is 8.42 Å². The second kappa shape index (κ2) is 7.19. The molecule has 2 rings (SSSR count). The van der Waals surface area contributed by atoms with Gasteiger partial charge >= 0.3 is 0 Å². The van der Waals surface area contributed by atoms with Crippen molar-refractivity contribution in [3.8, 4) is 0 Å². The SMILES string of the molecule is CN(C)c1ccc(S(=O)(=O)c2ccc(N(C)C)c([N+](=O)[O-])c2)cc1[N+](=O)[O-]. The van der Waals surface area contributed by atoms with E-state index >= 15 is 0 Å². The number of benzene rings is 2. The van der Waals surface area contributed by atoms with E-state index in [0.717, 1.165) is 12.1 Å². The molecule has 0 radical (unpaired) electrons. The van der Waals surface area contributed by atoms with Gasteiger partial charge in [-0.3, -0.25) is 20.2 Å². The van der Waals surface area contributed by atoms with Gasteiger partial charge in [0.25, 0.3) is 11.4 Å². The van der Waals surface area contributed by atoms with Gasteiger partial charge < -0.3 is 9.80 Å². The molecule has 0 saturated heterocycles. The number of sulfone groups is 1. The Bertz CT molecular complexity index is 942. The van der Waals surface area contributed by atoms with Crippen molar-refractivity contribution in [1.29, 1.82) is 0 Å². The first-order valence-corrected chi connectivity index (χ1v) is 9.11. The molecule has 0 fully saturated rings. The molecule has 0 spiro atoms. The molecule has 0 saturated carbocycles. The summed E-state index contributed by atoms with van der Waals surface area (Å²) in [6.07, 6.45) is 0. The van der Waals surface area contributed by atoms with Gasteiger partial charge in [0.05, 0.1) is 19.6 Å². The van der Waals surface area contributed by atoms with E-state index in [1.807, 2.05) is 0 Å². The molecule has 0 N–H and O–H groups in total. The topological polar surface area (TPSA) is 127 Å². The molecular weight excluding hydrogens is 376 g/mol. The lowest BCUT2D eigenvalue weighted by Crippen LogP contribution is -2.13. The second-order valence-corrected chi connectivity index (χ2v) is 8.06. The molecule has 0 unspecified atom stereocenters. The van der Waals surface area contributed by atoms with Gasteiger partial charge in [-0.1, -0.05) is 0 Å². The number of rotatable bonds is 6. The molecule has 0 aliphatic heterocycles. The van der Waals surface area contributed by atoms with Crippen LogP contribution in [0, 0.1) is 20.2 Å². The van der Waals surface area contributed by atoms with Crippen LogP contribution in [-0.2, 0) is 9.84 Å². The highest BCUT2D eigenvalue weighted by atomic mass is 32.2. The molecule has 11 heteroatoms. The third kappa shape index (κ3) is 3.82. The zero-order valence-corrected chi connectivity index (χ0v) is 15.9. The fourth-order valence-corrected chi connectivity index (χ4v) is 3.83. The third-order valence-electron chi connectivity index (χ3n) is 3.87. The van der Waals surface area contributed by atoms with Crippen molar-refractivity contribution in [2.75, 3.05) is 38.0 Å². The summed E-state index contributed by atoms with van der Waals surface area (Å²) in [6.45, 7) is 0. The van der Waals surface area contributed by atoms with Crippen molar-refractivity contribution in [1.82, 2.24) is 0 Å². The van der Waals surface area contributed by atoms with Crippen molar-refractivity contribution in [2.45, 2.75) is 9.79 Å². The standard InChI is InChI=1S/C16H18N4O6S/c1-17(2)13-7-5-11(9-15(13)19(21)22)27(25,26)12-6-8-14(18(3)4)16(10-12)20(23)24/h5-10H,1-4H3. The van der Waals surface area contributed by atoms with E-state index in [4.69, 9.17) is 0 Å². The highest BCUT2D eigenvalue weighted by Gasteiger charge is 2.27. The van der Waals surface area contributed by atoms with Gasteiger partial charge in [0.1, 0.15) is 11.4 Å². The molecule has 27 heavy (non-hydrogen) atoms. The zero-order valence-electron chi connectivity index (χ0n) is 15.1. The minimum Gasteiger partial charge on any atom is -0.372 e. The lowest BCUT2D eigenvalue weighted by molar-refractivity contribution is -0.384. The Morgan fingerprint density at radius 3 is 1.33 bits per heavy atom. The summed E-state index contributed by atoms with van der Waals surface area (Å²) in [6, 6.07) is 7.04. The Labute approximate surface area is 155 Å². The predicted octanol–water partition coefficient (Wildman–Crippen LogP) is 2.47. The molecule has 0 atom stereocenters. The van der Waals surface area contributed by atoms with Crippen LogP contribution in [0.25, 0.3) is 0 Å². The second-order valence-electron chi connectivity index (χ2n) is 6.11. The van der Waals surface area contributed by atoms with Crippen LogP contribution in [0.3, 0.4) is 0 Å². The van der Waals surface area contributed by atoms with Crippen LogP contribution in [0.15, 0.2) is 46.2 Å². The Kier molecular flexibility index (Phi) is 5.36. The van der Waals surface area contributed by atoms with E-state index in [1.54, 1.807) is 28.2 Å². The average molecular weight is 394 g/mol. The summed E-state index contributed by atoms with van der Waals surface area (Å²) in [5.41, 5.74) is -0.262. The highest BCUT2D eigenvalue weighted by Crippen LogP contribution is 2.35. The van der Waals surface area contributed by atoms with Crippen molar-refractivity contribution >= 4 is 32.6 Å². The Hall–Kier alpha value is -3.21. The van der Waals surface area contributed by atoms with Crippen LogP contribution in [0.4, 0.5) is 22.7 Å². The summed E-state index contributed by atoms with van der Waals surface area (Å²) >= 11 is 0. The number of hydrogen-bond acceptors (Lipinski definition) is 8. The first-order valence-electron chi connectivity index (χ1n) is 7.63. The lowest BCUT2D eigenvalue weighted by atomic mass is 10.2. The third-order valence-corrected chi connectivity index (χ3v) is 5.62. The van der Waals surface area contributed by atoms with Crippen LogP contribution in [0.5, 0.6) is 0 Å². The van der Waals surface area contributed by atoms with Crippen LogP contribution in [0.1, 0.15) is 0 Å². The maximum atomic E-state index is 12.9. The van der Waals surface area contributed by atoms with Crippen molar-refractivity contribution in [3.63, 3.8) is 0 Å².